The molecule has 1 unspecified atom stereocenters. The summed E-state index contributed by atoms with van der Waals surface area (Å²) in [5, 5.41) is 6.47. The van der Waals surface area contributed by atoms with Gasteiger partial charge < -0.3 is 10.6 Å². The summed E-state index contributed by atoms with van der Waals surface area (Å²) in [4.78, 5) is 14.4. The molecule has 1 fully saturated rings. The van der Waals surface area contributed by atoms with Crippen LogP contribution < -0.4 is 10.6 Å². The van der Waals surface area contributed by atoms with E-state index in [4.69, 9.17) is 0 Å². The third kappa shape index (κ3) is 3.50. The molecular formula is C14H21ClN2OS. The van der Waals surface area contributed by atoms with Crippen LogP contribution >= 0.6 is 23.7 Å². The molecule has 106 valence electrons. The van der Waals surface area contributed by atoms with Gasteiger partial charge in [0.15, 0.2) is 0 Å². The molecule has 0 bridgehead atoms. The zero-order chi connectivity index (χ0) is 12.4. The Labute approximate surface area is 124 Å². The van der Waals surface area contributed by atoms with Crippen LogP contribution in [0.15, 0.2) is 6.07 Å². The molecule has 3 nitrogen and oxygen atoms in total. The molecule has 1 amide bonds. The first-order valence-electron chi connectivity index (χ1n) is 6.93. The molecule has 19 heavy (non-hydrogen) atoms. The number of carbonyl (C=O) groups is 1. The van der Waals surface area contributed by atoms with Crippen LogP contribution in [-0.4, -0.2) is 25.5 Å². The summed E-state index contributed by atoms with van der Waals surface area (Å²) in [6, 6.07) is 2.10. The first-order chi connectivity index (χ1) is 8.83. The van der Waals surface area contributed by atoms with E-state index in [9.17, 15) is 4.79 Å². The van der Waals surface area contributed by atoms with Crippen molar-refractivity contribution in [2.75, 3.05) is 19.6 Å². The molecule has 1 aromatic rings. The lowest BCUT2D eigenvalue weighted by Crippen LogP contribution is -2.37. The fourth-order valence-electron chi connectivity index (χ4n) is 2.86. The van der Waals surface area contributed by atoms with E-state index in [0.717, 1.165) is 30.9 Å². The van der Waals surface area contributed by atoms with Crippen molar-refractivity contribution in [1.29, 1.82) is 0 Å². The molecule has 0 saturated carbocycles. The van der Waals surface area contributed by atoms with Gasteiger partial charge in [0.25, 0.3) is 5.91 Å². The molecule has 3 rings (SSSR count). The van der Waals surface area contributed by atoms with Gasteiger partial charge in [0.1, 0.15) is 0 Å². The Hall–Kier alpha value is -0.580. The van der Waals surface area contributed by atoms with Gasteiger partial charge in [-0.3, -0.25) is 4.79 Å². The molecule has 1 aromatic heterocycles. The minimum Gasteiger partial charge on any atom is -0.351 e. The number of carbonyl (C=O) groups excluding carboxylic acids is 1. The maximum absolute atomic E-state index is 12.1. The number of thiophene rings is 1. The predicted molar refractivity (Wildman–Crippen MR) is 81.5 cm³/mol. The lowest BCUT2D eigenvalue weighted by Gasteiger charge is -2.22. The monoisotopic (exact) mass is 300 g/mol. The molecule has 5 heteroatoms. The van der Waals surface area contributed by atoms with Crippen molar-refractivity contribution in [3.05, 3.63) is 21.4 Å². The highest BCUT2D eigenvalue weighted by Crippen LogP contribution is 2.30. The number of amides is 1. The molecular weight excluding hydrogens is 280 g/mol. The molecule has 2 aliphatic rings. The number of fused-ring (bicyclic) bond motifs is 1. The number of hydrogen-bond acceptors (Lipinski definition) is 3. The van der Waals surface area contributed by atoms with E-state index >= 15 is 0 Å². The maximum Gasteiger partial charge on any atom is 0.261 e. The van der Waals surface area contributed by atoms with Gasteiger partial charge in [-0.25, -0.2) is 0 Å². The smallest absolute Gasteiger partial charge is 0.261 e. The van der Waals surface area contributed by atoms with Gasteiger partial charge in [-0.05, 0) is 62.7 Å². The Bertz CT molecular complexity index is 419. The first kappa shape index (κ1) is 14.8. The van der Waals surface area contributed by atoms with Gasteiger partial charge in [-0.15, -0.1) is 23.7 Å². The van der Waals surface area contributed by atoms with Crippen molar-refractivity contribution in [2.45, 2.75) is 32.1 Å². The lowest BCUT2D eigenvalue weighted by molar-refractivity contribution is 0.0949. The predicted octanol–water partition coefficient (Wildman–Crippen LogP) is 2.39. The molecule has 1 saturated heterocycles. The average molecular weight is 301 g/mol. The van der Waals surface area contributed by atoms with E-state index in [0.29, 0.717) is 5.92 Å². The van der Waals surface area contributed by atoms with Crippen molar-refractivity contribution in [3.8, 4) is 0 Å². The van der Waals surface area contributed by atoms with Crippen molar-refractivity contribution in [2.24, 2.45) is 5.92 Å². The van der Waals surface area contributed by atoms with E-state index in [1.54, 1.807) is 11.3 Å². The summed E-state index contributed by atoms with van der Waals surface area (Å²) in [5.41, 5.74) is 1.41. The van der Waals surface area contributed by atoms with Crippen LogP contribution in [0.25, 0.3) is 0 Å². The maximum atomic E-state index is 12.1. The van der Waals surface area contributed by atoms with Crippen molar-refractivity contribution >= 4 is 29.7 Å². The Kier molecular flexibility index (Phi) is 5.25. The number of halogens is 1. The summed E-state index contributed by atoms with van der Waals surface area (Å²) >= 11 is 1.69. The second kappa shape index (κ2) is 6.73. The van der Waals surface area contributed by atoms with Crippen LogP contribution in [0.5, 0.6) is 0 Å². The van der Waals surface area contributed by atoms with Gasteiger partial charge in [0, 0.05) is 11.4 Å². The van der Waals surface area contributed by atoms with Crippen LogP contribution in [0.1, 0.15) is 39.4 Å². The number of nitrogens with one attached hydrogen (secondary N) is 2. The SMILES string of the molecule is Cl.O=C(NCC1CCCNC1)c1cc2c(s1)CCC2. The third-order valence-corrected chi connectivity index (χ3v) is 5.16. The molecule has 1 aliphatic heterocycles. The topological polar surface area (TPSA) is 41.1 Å². The molecule has 2 heterocycles. The summed E-state index contributed by atoms with van der Waals surface area (Å²) in [6.45, 7) is 2.98. The number of piperidine rings is 1. The van der Waals surface area contributed by atoms with Gasteiger partial charge >= 0.3 is 0 Å². The highest BCUT2D eigenvalue weighted by atomic mass is 35.5. The van der Waals surface area contributed by atoms with E-state index in [1.165, 1.54) is 36.1 Å². The highest BCUT2D eigenvalue weighted by Gasteiger charge is 2.19. The summed E-state index contributed by atoms with van der Waals surface area (Å²) in [7, 11) is 0. The summed E-state index contributed by atoms with van der Waals surface area (Å²) in [5.74, 6) is 0.731. The van der Waals surface area contributed by atoms with Crippen LogP contribution in [-0.2, 0) is 12.8 Å². The molecule has 2 N–H and O–H groups in total. The second-order valence-electron chi connectivity index (χ2n) is 5.34. The van der Waals surface area contributed by atoms with Crippen LogP contribution in [0.4, 0.5) is 0 Å². The zero-order valence-electron chi connectivity index (χ0n) is 11.0. The Balaban J connectivity index is 0.00000133. The Morgan fingerprint density at radius 2 is 2.32 bits per heavy atom. The van der Waals surface area contributed by atoms with Crippen molar-refractivity contribution in [1.82, 2.24) is 10.6 Å². The fourth-order valence-corrected chi connectivity index (χ4v) is 4.03. The molecule has 0 radical (unpaired) electrons. The molecule has 0 spiro atoms. The van der Waals surface area contributed by atoms with Crippen LogP contribution in [0.2, 0.25) is 0 Å². The van der Waals surface area contributed by atoms with Crippen molar-refractivity contribution in [3.63, 3.8) is 0 Å². The third-order valence-electron chi connectivity index (χ3n) is 3.92. The molecule has 1 atom stereocenters. The zero-order valence-corrected chi connectivity index (χ0v) is 12.7. The summed E-state index contributed by atoms with van der Waals surface area (Å²) < 4.78 is 0. The Morgan fingerprint density at radius 3 is 3.05 bits per heavy atom. The van der Waals surface area contributed by atoms with Crippen molar-refractivity contribution < 1.29 is 4.79 Å². The average Bonchev–Trinajstić information content (AvgIpc) is 2.98. The van der Waals surface area contributed by atoms with E-state index in [2.05, 4.69) is 16.7 Å². The van der Waals surface area contributed by atoms with Crippen LogP contribution in [0, 0.1) is 5.92 Å². The number of hydrogen-bond donors (Lipinski definition) is 2. The first-order valence-corrected chi connectivity index (χ1v) is 7.75. The molecule has 1 aliphatic carbocycles. The Morgan fingerprint density at radius 1 is 1.42 bits per heavy atom. The number of aryl methyl sites for hydroxylation is 2. The van der Waals surface area contributed by atoms with Gasteiger partial charge in [0.2, 0.25) is 0 Å². The molecule has 0 aromatic carbocycles. The standard InChI is InChI=1S/C14H20N2OS.ClH/c17-14(16-9-10-3-2-6-15-8-10)13-7-11-4-1-5-12(11)18-13;/h7,10,15H,1-6,8-9H2,(H,16,17);1H. The second-order valence-corrected chi connectivity index (χ2v) is 6.47. The van der Waals surface area contributed by atoms with Gasteiger partial charge in [-0.1, -0.05) is 0 Å². The normalized spacial score (nSPS) is 21.6. The minimum absolute atomic E-state index is 0. The van der Waals surface area contributed by atoms with Gasteiger partial charge in [-0.2, -0.15) is 0 Å². The van der Waals surface area contributed by atoms with E-state index < -0.39 is 0 Å². The fraction of sp³-hybridized carbons (Fsp3) is 0.643. The van der Waals surface area contributed by atoms with Crippen LogP contribution in [0.3, 0.4) is 0 Å². The quantitative estimate of drug-likeness (QED) is 0.900. The lowest BCUT2D eigenvalue weighted by atomic mass is 10.00. The van der Waals surface area contributed by atoms with Gasteiger partial charge in [0.05, 0.1) is 4.88 Å². The minimum atomic E-state index is 0. The largest absolute Gasteiger partial charge is 0.351 e. The van der Waals surface area contributed by atoms with E-state index in [-0.39, 0.29) is 18.3 Å². The summed E-state index contributed by atoms with van der Waals surface area (Å²) in [6.07, 6.45) is 6.05. The van der Waals surface area contributed by atoms with E-state index in [1.807, 2.05) is 0 Å². The number of rotatable bonds is 3. The highest BCUT2D eigenvalue weighted by molar-refractivity contribution is 7.14.